The molecule has 0 saturated heterocycles. The summed E-state index contributed by atoms with van der Waals surface area (Å²) in [6, 6.07) is 7.19. The van der Waals surface area contributed by atoms with Gasteiger partial charge in [-0.25, -0.2) is 8.42 Å². The van der Waals surface area contributed by atoms with E-state index in [1.807, 2.05) is 12.1 Å². The Labute approximate surface area is 132 Å². The van der Waals surface area contributed by atoms with E-state index in [0.717, 1.165) is 16.1 Å². The minimum absolute atomic E-state index is 0.246. The minimum atomic E-state index is -3.54. The average molecular weight is 328 g/mol. The number of hydrogen-bond donors (Lipinski definition) is 1. The highest BCUT2D eigenvalue weighted by Crippen LogP contribution is 2.21. The van der Waals surface area contributed by atoms with E-state index >= 15 is 0 Å². The van der Waals surface area contributed by atoms with Crippen LogP contribution < -0.4 is 9.62 Å². The summed E-state index contributed by atoms with van der Waals surface area (Å²) in [4.78, 5) is 11.9. The lowest BCUT2D eigenvalue weighted by Crippen LogP contribution is -2.41. The largest absolute Gasteiger partial charge is 0.383 e. The zero-order valence-electron chi connectivity index (χ0n) is 13.5. The number of ether oxygens (including phenoxy) is 1. The third-order valence-electron chi connectivity index (χ3n) is 3.16. The monoisotopic (exact) mass is 328 g/mol. The second-order valence-electron chi connectivity index (χ2n) is 5.36. The summed E-state index contributed by atoms with van der Waals surface area (Å²) in [5, 5.41) is 2.62. The van der Waals surface area contributed by atoms with Gasteiger partial charge in [0.2, 0.25) is 15.9 Å². The molecule has 1 rings (SSSR count). The summed E-state index contributed by atoms with van der Waals surface area (Å²) in [5.74, 6) is -0.00603. The summed E-state index contributed by atoms with van der Waals surface area (Å²) >= 11 is 0. The van der Waals surface area contributed by atoms with Crippen molar-refractivity contribution in [2.45, 2.75) is 19.8 Å². The molecule has 1 aromatic carbocycles. The summed E-state index contributed by atoms with van der Waals surface area (Å²) in [5.41, 5.74) is 1.59. The van der Waals surface area contributed by atoms with E-state index in [2.05, 4.69) is 19.2 Å². The first-order valence-electron chi connectivity index (χ1n) is 7.09. The number of nitrogens with one attached hydrogen (secondary N) is 1. The van der Waals surface area contributed by atoms with Crippen LogP contribution in [0.15, 0.2) is 24.3 Å². The molecule has 0 saturated carbocycles. The smallest absolute Gasteiger partial charge is 0.240 e. The standard InChI is InChI=1S/C15H24N2O4S/c1-12(2)13-5-7-14(8-6-13)17(22(4,19)20)11-15(18)16-9-10-21-3/h5-8,12H,9-11H2,1-4H3,(H,16,18). The predicted molar refractivity (Wildman–Crippen MR) is 87.6 cm³/mol. The van der Waals surface area contributed by atoms with Crippen molar-refractivity contribution in [3.05, 3.63) is 29.8 Å². The molecule has 0 unspecified atom stereocenters. The quantitative estimate of drug-likeness (QED) is 0.731. The molecule has 7 heteroatoms. The van der Waals surface area contributed by atoms with E-state index in [-0.39, 0.29) is 12.5 Å². The highest BCUT2D eigenvalue weighted by Gasteiger charge is 2.20. The number of anilines is 1. The zero-order valence-corrected chi connectivity index (χ0v) is 14.3. The Kier molecular flexibility index (Phi) is 6.83. The molecule has 0 aliphatic rings. The number of benzene rings is 1. The number of hydrogen-bond acceptors (Lipinski definition) is 4. The average Bonchev–Trinajstić information content (AvgIpc) is 2.44. The van der Waals surface area contributed by atoms with Crippen LogP contribution in [0.5, 0.6) is 0 Å². The van der Waals surface area contributed by atoms with Gasteiger partial charge < -0.3 is 10.1 Å². The van der Waals surface area contributed by atoms with Gasteiger partial charge in [-0.05, 0) is 23.6 Å². The van der Waals surface area contributed by atoms with E-state index in [0.29, 0.717) is 24.8 Å². The second-order valence-corrected chi connectivity index (χ2v) is 7.27. The normalized spacial score (nSPS) is 11.5. The third kappa shape index (κ3) is 5.65. The number of nitrogens with zero attached hydrogens (tertiary/aromatic N) is 1. The number of rotatable bonds is 8. The molecule has 124 valence electrons. The molecule has 0 spiro atoms. The number of sulfonamides is 1. The maximum atomic E-state index is 11.9. The van der Waals surface area contributed by atoms with Crippen molar-refractivity contribution in [1.29, 1.82) is 0 Å². The molecule has 0 heterocycles. The van der Waals surface area contributed by atoms with Gasteiger partial charge in [0, 0.05) is 13.7 Å². The number of methoxy groups -OCH3 is 1. The lowest BCUT2D eigenvalue weighted by molar-refractivity contribution is -0.119. The van der Waals surface area contributed by atoms with Crippen molar-refractivity contribution < 1.29 is 17.9 Å². The fourth-order valence-corrected chi connectivity index (χ4v) is 2.76. The van der Waals surface area contributed by atoms with Crippen LogP contribution in [-0.4, -0.2) is 47.4 Å². The van der Waals surface area contributed by atoms with Gasteiger partial charge in [-0.3, -0.25) is 9.10 Å². The van der Waals surface area contributed by atoms with Crippen molar-refractivity contribution in [2.24, 2.45) is 0 Å². The van der Waals surface area contributed by atoms with E-state index in [1.165, 1.54) is 7.11 Å². The summed E-state index contributed by atoms with van der Waals surface area (Å²) in [6.07, 6.45) is 1.09. The van der Waals surface area contributed by atoms with Crippen LogP contribution in [0.1, 0.15) is 25.3 Å². The fraction of sp³-hybridized carbons (Fsp3) is 0.533. The molecule has 22 heavy (non-hydrogen) atoms. The van der Waals surface area contributed by atoms with Crippen LogP contribution in [0.4, 0.5) is 5.69 Å². The SMILES string of the molecule is COCCNC(=O)CN(c1ccc(C(C)C)cc1)S(C)(=O)=O. The molecule has 0 atom stereocenters. The van der Waals surface area contributed by atoms with Crippen molar-refractivity contribution in [3.63, 3.8) is 0 Å². The lowest BCUT2D eigenvalue weighted by Gasteiger charge is -2.22. The van der Waals surface area contributed by atoms with Crippen LogP contribution in [0, 0.1) is 0 Å². The summed E-state index contributed by atoms with van der Waals surface area (Å²) in [6.45, 7) is 4.61. The molecular formula is C15H24N2O4S. The Morgan fingerprint density at radius 1 is 1.27 bits per heavy atom. The Morgan fingerprint density at radius 2 is 1.86 bits per heavy atom. The fourth-order valence-electron chi connectivity index (χ4n) is 1.90. The first kappa shape index (κ1) is 18.4. The van der Waals surface area contributed by atoms with Crippen molar-refractivity contribution in [2.75, 3.05) is 37.4 Å². The highest BCUT2D eigenvalue weighted by atomic mass is 32.2. The van der Waals surface area contributed by atoms with Crippen molar-refractivity contribution >= 4 is 21.6 Å². The van der Waals surface area contributed by atoms with Crippen LogP contribution in [0.2, 0.25) is 0 Å². The van der Waals surface area contributed by atoms with Gasteiger partial charge in [0.25, 0.3) is 0 Å². The van der Waals surface area contributed by atoms with Gasteiger partial charge in [-0.15, -0.1) is 0 Å². The summed E-state index contributed by atoms with van der Waals surface area (Å²) in [7, 11) is -2.00. The molecule has 6 nitrogen and oxygen atoms in total. The third-order valence-corrected chi connectivity index (χ3v) is 4.30. The van der Waals surface area contributed by atoms with Crippen LogP contribution in [-0.2, 0) is 19.6 Å². The molecule has 0 bridgehead atoms. The maximum Gasteiger partial charge on any atom is 0.240 e. The van der Waals surface area contributed by atoms with E-state index in [9.17, 15) is 13.2 Å². The Balaban J connectivity index is 2.88. The predicted octanol–water partition coefficient (Wildman–Crippen LogP) is 1.34. The zero-order chi connectivity index (χ0) is 16.8. The van der Waals surface area contributed by atoms with Crippen molar-refractivity contribution in [3.8, 4) is 0 Å². The van der Waals surface area contributed by atoms with Crippen LogP contribution in [0.3, 0.4) is 0 Å². The maximum absolute atomic E-state index is 11.9. The van der Waals surface area contributed by atoms with Gasteiger partial charge in [0.15, 0.2) is 0 Å². The topological polar surface area (TPSA) is 75.7 Å². The van der Waals surface area contributed by atoms with Gasteiger partial charge in [-0.2, -0.15) is 0 Å². The van der Waals surface area contributed by atoms with E-state index in [1.54, 1.807) is 12.1 Å². The molecular weight excluding hydrogens is 304 g/mol. The Hall–Kier alpha value is -1.60. The van der Waals surface area contributed by atoms with Gasteiger partial charge >= 0.3 is 0 Å². The van der Waals surface area contributed by atoms with E-state index < -0.39 is 10.0 Å². The molecule has 1 N–H and O–H groups in total. The lowest BCUT2D eigenvalue weighted by atomic mass is 10.0. The second kappa shape index (κ2) is 8.14. The molecule has 0 aromatic heterocycles. The number of amides is 1. The molecule has 0 aliphatic carbocycles. The molecule has 0 aliphatic heterocycles. The van der Waals surface area contributed by atoms with Gasteiger partial charge in [-0.1, -0.05) is 26.0 Å². The molecule has 0 fully saturated rings. The number of carbonyl (C=O) groups is 1. The van der Waals surface area contributed by atoms with Gasteiger partial charge in [0.05, 0.1) is 18.6 Å². The highest BCUT2D eigenvalue weighted by molar-refractivity contribution is 7.92. The molecule has 1 amide bonds. The first-order chi connectivity index (χ1) is 10.3. The van der Waals surface area contributed by atoms with E-state index in [4.69, 9.17) is 4.74 Å². The number of carbonyl (C=O) groups excluding carboxylic acids is 1. The summed E-state index contributed by atoms with van der Waals surface area (Å²) < 4.78 is 29.8. The van der Waals surface area contributed by atoms with Crippen LogP contribution in [0.25, 0.3) is 0 Å². The van der Waals surface area contributed by atoms with Crippen LogP contribution >= 0.6 is 0 Å². The Bertz CT molecular complexity index is 582. The molecule has 1 aromatic rings. The van der Waals surface area contributed by atoms with Gasteiger partial charge in [0.1, 0.15) is 6.54 Å². The first-order valence-corrected chi connectivity index (χ1v) is 8.94. The van der Waals surface area contributed by atoms with Crippen molar-refractivity contribution in [1.82, 2.24) is 5.32 Å². The minimum Gasteiger partial charge on any atom is -0.383 e. The molecule has 0 radical (unpaired) electrons. The Morgan fingerprint density at radius 3 is 2.32 bits per heavy atom.